The highest BCUT2D eigenvalue weighted by Gasteiger charge is 2.28. The first-order valence-corrected chi connectivity index (χ1v) is 15.4. The highest BCUT2D eigenvalue weighted by molar-refractivity contribution is 5.86. The molecule has 0 atom stereocenters. The Labute approximate surface area is 260 Å². The Morgan fingerprint density at radius 3 is 1.59 bits per heavy atom. The number of likely N-dealkylation sites (tertiary alicyclic amines) is 2. The number of ether oxygens (including phenoxy) is 3. The molecule has 2 fully saturated rings. The van der Waals surface area contributed by atoms with Gasteiger partial charge in [0.25, 0.3) is 0 Å². The second kappa shape index (κ2) is 15.4. The van der Waals surface area contributed by atoms with Crippen molar-refractivity contribution in [2.45, 2.75) is 98.1 Å². The van der Waals surface area contributed by atoms with Crippen molar-refractivity contribution in [2.24, 2.45) is 11.8 Å². The number of carbonyl (C=O) groups is 3. The van der Waals surface area contributed by atoms with Crippen molar-refractivity contribution in [2.75, 3.05) is 33.3 Å². The molecule has 0 unspecified atom stereocenters. The zero-order valence-corrected chi connectivity index (χ0v) is 27.3. The molecular weight excluding hydrogens is 568 g/mol. The van der Waals surface area contributed by atoms with Gasteiger partial charge in [0.15, 0.2) is 5.69 Å². The third kappa shape index (κ3) is 11.5. The molecule has 246 valence electrons. The number of aromatic nitrogens is 4. The van der Waals surface area contributed by atoms with Gasteiger partial charge in [-0.1, -0.05) is 0 Å². The smallest absolute Gasteiger partial charge is 0.410 e. The molecule has 0 spiro atoms. The number of carbonyl (C=O) groups excluding carboxylic acids is 3. The molecule has 2 aliphatic rings. The number of rotatable bonds is 6. The summed E-state index contributed by atoms with van der Waals surface area (Å²) < 4.78 is 19.1. The zero-order valence-electron chi connectivity index (χ0n) is 27.3. The van der Waals surface area contributed by atoms with Crippen LogP contribution in [0, 0.1) is 11.8 Å². The van der Waals surface area contributed by atoms with Gasteiger partial charge in [-0.3, -0.25) is 9.36 Å². The van der Waals surface area contributed by atoms with Crippen molar-refractivity contribution < 1.29 is 33.7 Å². The lowest BCUT2D eigenvalue weighted by Crippen LogP contribution is -2.42. The highest BCUT2D eigenvalue weighted by atomic mass is 16.6. The largest absolute Gasteiger partial charge is 0.464 e. The Morgan fingerprint density at radius 1 is 0.773 bits per heavy atom. The maximum Gasteiger partial charge on any atom is 0.410 e. The van der Waals surface area contributed by atoms with Crippen LogP contribution >= 0.6 is 0 Å². The Hall–Kier alpha value is -3.61. The average molecular weight is 619 g/mol. The molecule has 0 aliphatic carbocycles. The number of nitrogens with zero attached hydrogens (tertiary/aromatic N) is 6. The lowest BCUT2D eigenvalue weighted by molar-refractivity contribution is 0.0166. The number of piperidine rings is 2. The van der Waals surface area contributed by atoms with E-state index in [1.54, 1.807) is 26.7 Å². The van der Waals surface area contributed by atoms with Gasteiger partial charge in [0.1, 0.15) is 11.2 Å². The number of aliphatic hydroxyl groups is 1. The number of amides is 2. The van der Waals surface area contributed by atoms with Gasteiger partial charge in [-0.05, 0) is 91.2 Å². The molecule has 0 bridgehead atoms. The van der Waals surface area contributed by atoms with E-state index in [2.05, 4.69) is 14.9 Å². The molecule has 44 heavy (non-hydrogen) atoms. The summed E-state index contributed by atoms with van der Waals surface area (Å²) in [6.07, 6.45) is 6.91. The average Bonchev–Trinajstić information content (AvgIpc) is 3.61. The summed E-state index contributed by atoms with van der Waals surface area (Å²) in [7, 11) is 1.34. The van der Waals surface area contributed by atoms with Crippen LogP contribution in [0.15, 0.2) is 24.5 Å². The summed E-state index contributed by atoms with van der Waals surface area (Å²) in [6.45, 7) is 15.6. The number of hydrogen-bond donors (Lipinski definition) is 1. The van der Waals surface area contributed by atoms with Gasteiger partial charge >= 0.3 is 18.2 Å². The topological polar surface area (TPSA) is 141 Å². The maximum atomic E-state index is 12.0. The summed E-state index contributed by atoms with van der Waals surface area (Å²) in [6, 6.07) is 3.48. The SMILES string of the molecule is CC(C)(C)OC(=O)N1CCC(Cn2ccc(CO)n2)CC1.COC(=O)c1ccn(CC2CCN(C(=O)OC(C)(C)C)CC2)n1. The minimum Gasteiger partial charge on any atom is -0.464 e. The van der Waals surface area contributed by atoms with Crippen LogP contribution < -0.4 is 0 Å². The van der Waals surface area contributed by atoms with Crippen molar-refractivity contribution in [1.82, 2.24) is 29.4 Å². The van der Waals surface area contributed by atoms with Crippen LogP contribution in [-0.2, 0) is 33.9 Å². The van der Waals surface area contributed by atoms with E-state index in [-0.39, 0.29) is 18.8 Å². The molecule has 2 aromatic heterocycles. The van der Waals surface area contributed by atoms with Crippen LogP contribution in [0.4, 0.5) is 9.59 Å². The van der Waals surface area contributed by atoms with E-state index in [0.29, 0.717) is 36.3 Å². The molecule has 1 N–H and O–H groups in total. The summed E-state index contributed by atoms with van der Waals surface area (Å²) in [4.78, 5) is 38.9. The fraction of sp³-hybridized carbons (Fsp3) is 0.710. The predicted molar refractivity (Wildman–Crippen MR) is 163 cm³/mol. The van der Waals surface area contributed by atoms with Gasteiger partial charge in [-0.25, -0.2) is 14.4 Å². The van der Waals surface area contributed by atoms with E-state index < -0.39 is 17.2 Å². The van der Waals surface area contributed by atoms with Crippen molar-refractivity contribution in [1.29, 1.82) is 0 Å². The van der Waals surface area contributed by atoms with Crippen LogP contribution in [0.25, 0.3) is 0 Å². The van der Waals surface area contributed by atoms with E-state index in [1.165, 1.54) is 7.11 Å². The number of methoxy groups -OCH3 is 1. The Balaban J connectivity index is 0.000000241. The minimum atomic E-state index is -0.465. The summed E-state index contributed by atoms with van der Waals surface area (Å²) >= 11 is 0. The van der Waals surface area contributed by atoms with Crippen LogP contribution in [-0.4, -0.2) is 97.1 Å². The van der Waals surface area contributed by atoms with Gasteiger partial charge in [0.05, 0.1) is 19.4 Å². The zero-order chi connectivity index (χ0) is 32.5. The molecule has 13 heteroatoms. The van der Waals surface area contributed by atoms with Crippen molar-refractivity contribution in [3.8, 4) is 0 Å². The third-order valence-corrected chi connectivity index (χ3v) is 7.32. The first-order valence-electron chi connectivity index (χ1n) is 15.4. The molecule has 2 aliphatic heterocycles. The number of esters is 1. The van der Waals surface area contributed by atoms with Gasteiger partial charge in [-0.15, -0.1) is 0 Å². The van der Waals surface area contributed by atoms with E-state index in [1.807, 2.05) is 58.5 Å². The van der Waals surface area contributed by atoms with Crippen LogP contribution in [0.5, 0.6) is 0 Å². The van der Waals surface area contributed by atoms with Gasteiger partial charge < -0.3 is 29.1 Å². The van der Waals surface area contributed by atoms with Crippen molar-refractivity contribution in [3.05, 3.63) is 35.9 Å². The van der Waals surface area contributed by atoms with E-state index in [0.717, 1.165) is 51.9 Å². The lowest BCUT2D eigenvalue weighted by Gasteiger charge is -2.33. The van der Waals surface area contributed by atoms with Gasteiger partial charge in [0, 0.05) is 51.7 Å². The highest BCUT2D eigenvalue weighted by Crippen LogP contribution is 2.22. The van der Waals surface area contributed by atoms with Crippen molar-refractivity contribution in [3.63, 3.8) is 0 Å². The molecular formula is C31H50N6O7. The molecule has 0 aromatic carbocycles. The first kappa shape index (κ1) is 34.9. The van der Waals surface area contributed by atoms with Gasteiger partial charge in [0.2, 0.25) is 0 Å². The molecule has 2 aromatic rings. The fourth-order valence-electron chi connectivity index (χ4n) is 5.04. The Bertz CT molecular complexity index is 1210. The maximum absolute atomic E-state index is 12.0. The molecule has 0 radical (unpaired) electrons. The van der Waals surface area contributed by atoms with E-state index in [9.17, 15) is 14.4 Å². The van der Waals surface area contributed by atoms with E-state index >= 15 is 0 Å². The first-order chi connectivity index (χ1) is 20.7. The number of aliphatic hydroxyl groups excluding tert-OH is 1. The molecule has 0 saturated carbocycles. The monoisotopic (exact) mass is 618 g/mol. The lowest BCUT2D eigenvalue weighted by atomic mass is 9.97. The fourth-order valence-corrected chi connectivity index (χ4v) is 5.04. The van der Waals surface area contributed by atoms with E-state index in [4.69, 9.17) is 14.6 Å². The molecule has 2 saturated heterocycles. The van der Waals surface area contributed by atoms with Crippen LogP contribution in [0.3, 0.4) is 0 Å². The second-order valence-electron chi connectivity index (χ2n) is 13.4. The molecule has 13 nitrogen and oxygen atoms in total. The minimum absolute atomic E-state index is 0.0237. The van der Waals surface area contributed by atoms with Crippen molar-refractivity contribution >= 4 is 18.2 Å². The molecule has 4 rings (SSSR count). The molecule has 4 heterocycles. The number of hydrogen-bond acceptors (Lipinski definition) is 9. The predicted octanol–water partition coefficient (Wildman–Crippen LogP) is 4.34. The quantitative estimate of drug-likeness (QED) is 0.370. The normalized spacial score (nSPS) is 16.6. The van der Waals surface area contributed by atoms with Gasteiger partial charge in [-0.2, -0.15) is 10.2 Å². The second-order valence-corrected chi connectivity index (χ2v) is 13.4. The summed E-state index contributed by atoms with van der Waals surface area (Å²) in [5.41, 5.74) is 0.108. The standard InChI is InChI=1S/C16H25N3O4.C15H25N3O3/c1-16(2,3)23-15(21)18-8-5-12(6-9-18)11-19-10-7-13(17-19)14(20)22-4;1-15(2,3)21-14(20)17-7-4-12(5-8-17)10-18-9-6-13(11-19)16-18/h7,10,12H,5-6,8-9,11H2,1-4H3;6,9,12,19H,4-5,7-8,10-11H2,1-3H3. The Kier molecular flexibility index (Phi) is 12.2. The molecule has 2 amide bonds. The van der Waals surface area contributed by atoms with Crippen LogP contribution in [0.2, 0.25) is 0 Å². The van der Waals surface area contributed by atoms with Crippen LogP contribution in [0.1, 0.15) is 83.4 Å². The summed E-state index contributed by atoms with van der Waals surface area (Å²) in [5, 5.41) is 17.5. The summed E-state index contributed by atoms with van der Waals surface area (Å²) in [5.74, 6) is 0.512. The Morgan fingerprint density at radius 2 is 1.20 bits per heavy atom. The third-order valence-electron chi connectivity index (χ3n) is 7.32.